The Morgan fingerprint density at radius 2 is 1.48 bits per heavy atom. The van der Waals surface area contributed by atoms with E-state index in [4.69, 9.17) is 10.6 Å². The van der Waals surface area contributed by atoms with Gasteiger partial charge in [-0.2, -0.15) is 4.91 Å². The van der Waals surface area contributed by atoms with Gasteiger partial charge in [-0.15, -0.1) is 0 Å². The van der Waals surface area contributed by atoms with Gasteiger partial charge in [0.05, 0.1) is 0 Å². The summed E-state index contributed by atoms with van der Waals surface area (Å²) in [5.41, 5.74) is 0. The van der Waals surface area contributed by atoms with E-state index in [2.05, 4.69) is 29.1 Å². The largest absolute Gasteiger partial charge is 0.463 e. The summed E-state index contributed by atoms with van der Waals surface area (Å²) in [7, 11) is 0. The number of rotatable bonds is 20. The van der Waals surface area contributed by atoms with Crippen molar-refractivity contribution >= 4 is 5.97 Å². The molecular weight excluding hydrogens is 344 g/mol. The van der Waals surface area contributed by atoms with Crippen LogP contribution in [0.2, 0.25) is 0 Å². The van der Waals surface area contributed by atoms with E-state index in [9.17, 15) is 9.70 Å². The van der Waals surface area contributed by atoms with Crippen LogP contribution in [-0.2, 0) is 14.4 Å². The monoisotopic (exact) mass is 384 g/mol. The smallest absolute Gasteiger partial charge is 0.305 e. The second-order valence-electron chi connectivity index (χ2n) is 7.09. The fraction of sp³-hybridized carbons (Fsp3) is 0.857. The Morgan fingerprint density at radius 3 is 2.04 bits per heavy atom. The van der Waals surface area contributed by atoms with E-state index in [0.29, 0.717) is 6.42 Å². The second kappa shape index (κ2) is 21.0. The fourth-order valence-corrected chi connectivity index (χ4v) is 2.82. The number of allylic oxidation sites excluding steroid dienone is 2. The number of nitrogens with zero attached hydrogens (tertiary/aromatic N) is 1. The van der Waals surface area contributed by atoms with Gasteiger partial charge in [-0.25, -0.2) is 5.90 Å². The van der Waals surface area contributed by atoms with Crippen molar-refractivity contribution in [3.05, 3.63) is 17.1 Å². The summed E-state index contributed by atoms with van der Waals surface area (Å²) in [5.74, 6) is 4.71. The Hall–Kier alpha value is -1.27. The molecule has 0 rings (SSSR count). The zero-order valence-corrected chi connectivity index (χ0v) is 17.2. The number of unbranched alkanes of at least 4 members (excludes halogenated alkanes) is 11. The molecule has 0 bridgehead atoms. The number of carbonyl (C=O) groups excluding carboxylic acids is 1. The molecule has 0 amide bonds. The van der Waals surface area contributed by atoms with Crippen LogP contribution in [0.15, 0.2) is 17.3 Å². The lowest BCUT2D eigenvalue weighted by molar-refractivity contribution is -0.147. The highest BCUT2D eigenvalue weighted by Gasteiger charge is 2.11. The molecule has 0 aromatic carbocycles. The quantitative estimate of drug-likeness (QED) is 0.0971. The number of ether oxygens (including phenoxy) is 1. The molecular formula is C21H40N2O4. The first-order valence-corrected chi connectivity index (χ1v) is 10.7. The van der Waals surface area contributed by atoms with Crippen LogP contribution in [0, 0.1) is 4.91 Å². The van der Waals surface area contributed by atoms with Crippen LogP contribution < -0.4 is 5.90 Å². The summed E-state index contributed by atoms with van der Waals surface area (Å²) in [6, 6.07) is 0. The lowest BCUT2D eigenvalue weighted by atomic mass is 10.1. The molecule has 0 fully saturated rings. The molecule has 0 aliphatic rings. The van der Waals surface area contributed by atoms with Crippen molar-refractivity contribution in [2.24, 2.45) is 11.1 Å². The standard InChI is InChI=1S/C21H40N2O4/c1-2-3-4-5-6-7-8-9-10-11-12-13-14-15-16-17-21(24)26-19-20(27-22)18-23-25/h9-10,20H,2-8,11-19,22H2,1H3/b10-9-. The minimum absolute atomic E-state index is 0.0217. The van der Waals surface area contributed by atoms with Crippen molar-refractivity contribution in [1.82, 2.24) is 0 Å². The highest BCUT2D eigenvalue weighted by molar-refractivity contribution is 5.69. The van der Waals surface area contributed by atoms with Crippen LogP contribution in [-0.4, -0.2) is 25.2 Å². The molecule has 27 heavy (non-hydrogen) atoms. The summed E-state index contributed by atoms with van der Waals surface area (Å²) < 4.78 is 5.01. The number of carbonyl (C=O) groups is 1. The SMILES string of the molecule is CCCCCCCC/C=C\CCCCCCCC(=O)OCC(CN=O)ON. The van der Waals surface area contributed by atoms with Gasteiger partial charge in [-0.3, -0.25) is 9.63 Å². The highest BCUT2D eigenvalue weighted by atomic mass is 16.6. The van der Waals surface area contributed by atoms with Gasteiger partial charge >= 0.3 is 5.97 Å². The van der Waals surface area contributed by atoms with E-state index < -0.39 is 6.10 Å². The molecule has 0 radical (unpaired) electrons. The minimum Gasteiger partial charge on any atom is -0.463 e. The van der Waals surface area contributed by atoms with E-state index >= 15 is 0 Å². The van der Waals surface area contributed by atoms with Crippen molar-refractivity contribution < 1.29 is 14.4 Å². The first kappa shape index (κ1) is 25.7. The van der Waals surface area contributed by atoms with Gasteiger partial charge in [0.25, 0.3) is 0 Å². The van der Waals surface area contributed by atoms with Gasteiger partial charge in [0.2, 0.25) is 0 Å². The molecule has 0 aromatic heterocycles. The Morgan fingerprint density at radius 1 is 0.926 bits per heavy atom. The Labute approximate surface area is 165 Å². The molecule has 1 unspecified atom stereocenters. The van der Waals surface area contributed by atoms with E-state index in [0.717, 1.165) is 25.7 Å². The van der Waals surface area contributed by atoms with Gasteiger partial charge in [-0.1, -0.05) is 75.6 Å². The maximum atomic E-state index is 11.6. The third-order valence-electron chi connectivity index (χ3n) is 4.54. The normalized spacial score (nSPS) is 12.4. The van der Waals surface area contributed by atoms with E-state index in [1.165, 1.54) is 57.8 Å². The molecule has 0 saturated heterocycles. The van der Waals surface area contributed by atoms with Crippen molar-refractivity contribution in [2.45, 2.75) is 103 Å². The average Bonchev–Trinajstić information content (AvgIpc) is 2.68. The lowest BCUT2D eigenvalue weighted by Gasteiger charge is -2.11. The van der Waals surface area contributed by atoms with Crippen molar-refractivity contribution in [3.63, 3.8) is 0 Å². The van der Waals surface area contributed by atoms with Crippen molar-refractivity contribution in [2.75, 3.05) is 13.2 Å². The number of hydrogen-bond donors (Lipinski definition) is 1. The van der Waals surface area contributed by atoms with Crippen LogP contribution in [0.4, 0.5) is 0 Å². The third-order valence-corrected chi connectivity index (χ3v) is 4.54. The van der Waals surface area contributed by atoms with Crippen molar-refractivity contribution in [1.29, 1.82) is 0 Å². The van der Waals surface area contributed by atoms with Crippen LogP contribution in [0.25, 0.3) is 0 Å². The second-order valence-corrected chi connectivity index (χ2v) is 7.09. The van der Waals surface area contributed by atoms with Crippen LogP contribution >= 0.6 is 0 Å². The Kier molecular flexibility index (Phi) is 20.0. The molecule has 0 aromatic rings. The average molecular weight is 385 g/mol. The fourth-order valence-electron chi connectivity index (χ4n) is 2.82. The van der Waals surface area contributed by atoms with E-state index in [1.54, 1.807) is 0 Å². The van der Waals surface area contributed by atoms with Gasteiger partial charge in [0, 0.05) is 6.42 Å². The summed E-state index contributed by atoms with van der Waals surface area (Å²) in [5, 5.41) is 2.68. The van der Waals surface area contributed by atoms with E-state index in [1.807, 2.05) is 0 Å². The minimum atomic E-state index is -0.652. The topological polar surface area (TPSA) is 91.0 Å². The molecule has 6 nitrogen and oxygen atoms in total. The summed E-state index contributed by atoms with van der Waals surface area (Å²) in [6.45, 7) is 2.12. The molecule has 6 heteroatoms. The lowest BCUT2D eigenvalue weighted by Crippen LogP contribution is -2.27. The number of hydrogen-bond acceptors (Lipinski definition) is 6. The predicted octanol–water partition coefficient (Wildman–Crippen LogP) is 5.59. The highest BCUT2D eigenvalue weighted by Crippen LogP contribution is 2.10. The molecule has 0 spiro atoms. The van der Waals surface area contributed by atoms with Gasteiger partial charge in [0.1, 0.15) is 19.3 Å². The summed E-state index contributed by atoms with van der Waals surface area (Å²) in [6.07, 6.45) is 20.3. The summed E-state index contributed by atoms with van der Waals surface area (Å²) in [4.78, 5) is 26.2. The molecule has 2 N–H and O–H groups in total. The summed E-state index contributed by atoms with van der Waals surface area (Å²) >= 11 is 0. The van der Waals surface area contributed by atoms with Crippen LogP contribution in [0.3, 0.4) is 0 Å². The maximum Gasteiger partial charge on any atom is 0.305 e. The van der Waals surface area contributed by atoms with Gasteiger partial charge in [0.15, 0.2) is 0 Å². The third kappa shape index (κ3) is 19.3. The maximum absolute atomic E-state index is 11.6. The first-order valence-electron chi connectivity index (χ1n) is 10.7. The predicted molar refractivity (Wildman–Crippen MR) is 110 cm³/mol. The molecule has 158 valence electrons. The molecule has 0 aliphatic heterocycles. The zero-order valence-electron chi connectivity index (χ0n) is 17.2. The first-order chi connectivity index (χ1) is 13.2. The Bertz CT molecular complexity index is 375. The molecule has 0 saturated carbocycles. The van der Waals surface area contributed by atoms with Crippen LogP contribution in [0.1, 0.15) is 96.8 Å². The van der Waals surface area contributed by atoms with Gasteiger partial charge in [-0.05, 0) is 32.1 Å². The van der Waals surface area contributed by atoms with Crippen LogP contribution in [0.5, 0.6) is 0 Å². The van der Waals surface area contributed by atoms with Gasteiger partial charge < -0.3 is 4.74 Å². The Balaban J connectivity index is 3.33. The molecule has 0 heterocycles. The van der Waals surface area contributed by atoms with E-state index in [-0.39, 0.29) is 19.1 Å². The molecule has 1 atom stereocenters. The number of nitrogens with two attached hydrogens (primary N) is 1. The van der Waals surface area contributed by atoms with Crippen molar-refractivity contribution in [3.8, 4) is 0 Å². The number of nitroso groups, excluding NO2 is 1. The number of esters is 1. The zero-order chi connectivity index (χ0) is 20.0. The molecule has 0 aliphatic carbocycles.